The quantitative estimate of drug-likeness (QED) is 0.217. The average Bonchev–Trinajstić information content (AvgIpc) is 2.95. The summed E-state index contributed by atoms with van der Waals surface area (Å²) in [5.41, 5.74) is 7.44. The van der Waals surface area contributed by atoms with Crippen LogP contribution in [0, 0.1) is 12.8 Å². The fourth-order valence-corrected chi connectivity index (χ4v) is 4.52. The predicted molar refractivity (Wildman–Crippen MR) is 154 cm³/mol. The number of ether oxygens (including phenoxy) is 1. The lowest BCUT2D eigenvalue weighted by Gasteiger charge is -2.32. The molecule has 0 aliphatic carbocycles. The zero-order valence-corrected chi connectivity index (χ0v) is 21.8. The van der Waals surface area contributed by atoms with Gasteiger partial charge in [0.15, 0.2) is 0 Å². The van der Waals surface area contributed by atoms with E-state index in [9.17, 15) is 0 Å². The monoisotopic (exact) mass is 507 g/mol. The zero-order chi connectivity index (χ0) is 26.2. The molecule has 8 nitrogen and oxygen atoms in total. The minimum atomic E-state index is 0.390. The molecule has 0 amide bonds. The van der Waals surface area contributed by atoms with Crippen molar-refractivity contribution in [3.63, 3.8) is 0 Å². The van der Waals surface area contributed by atoms with Crippen molar-refractivity contribution in [3.05, 3.63) is 95.6 Å². The molecule has 38 heavy (non-hydrogen) atoms. The Bertz CT molecular complexity index is 1330. The van der Waals surface area contributed by atoms with E-state index < -0.39 is 0 Å². The van der Waals surface area contributed by atoms with Crippen LogP contribution in [0.15, 0.2) is 84.0 Å². The summed E-state index contributed by atoms with van der Waals surface area (Å²) < 4.78 is 5.22. The van der Waals surface area contributed by atoms with Crippen LogP contribution >= 0.6 is 0 Å². The van der Waals surface area contributed by atoms with Gasteiger partial charge in [-0.2, -0.15) is 20.1 Å². The highest BCUT2D eigenvalue weighted by molar-refractivity contribution is 5.80. The van der Waals surface area contributed by atoms with Crippen molar-refractivity contribution in [1.82, 2.24) is 15.0 Å². The standard InChI is InChI=1S/C30H33N7O/c1-22-8-12-26(13-9-22)32-28-33-29(36-31-21-25-10-14-27(38-2)15-11-25)35-30(34-28)37-18-16-24(17-19-37)20-23-6-4-3-5-7-23/h3-15,21,24H,16-20H2,1-2H3,(H2,32,33,34,35,36)/b31-21+. The van der Waals surface area contributed by atoms with Crippen molar-refractivity contribution in [2.24, 2.45) is 11.0 Å². The molecule has 2 N–H and O–H groups in total. The largest absolute Gasteiger partial charge is 0.497 e. The van der Waals surface area contributed by atoms with Crippen LogP contribution in [-0.2, 0) is 6.42 Å². The molecule has 2 heterocycles. The number of nitrogens with one attached hydrogen (secondary N) is 2. The molecule has 5 rings (SSSR count). The summed E-state index contributed by atoms with van der Waals surface area (Å²) in [5.74, 6) is 2.98. The first-order valence-corrected chi connectivity index (χ1v) is 13.0. The van der Waals surface area contributed by atoms with Gasteiger partial charge in [-0.15, -0.1) is 0 Å². The first-order chi connectivity index (χ1) is 18.6. The highest BCUT2D eigenvalue weighted by Gasteiger charge is 2.22. The van der Waals surface area contributed by atoms with Gasteiger partial charge in [0, 0.05) is 18.8 Å². The fourth-order valence-electron chi connectivity index (χ4n) is 4.52. The summed E-state index contributed by atoms with van der Waals surface area (Å²) in [6.45, 7) is 3.87. The number of rotatable bonds is 9. The van der Waals surface area contributed by atoms with Crippen molar-refractivity contribution >= 4 is 29.7 Å². The van der Waals surface area contributed by atoms with E-state index in [2.05, 4.69) is 75.1 Å². The third-order valence-electron chi connectivity index (χ3n) is 6.69. The number of hydrogen-bond acceptors (Lipinski definition) is 8. The number of piperidine rings is 1. The third-order valence-corrected chi connectivity index (χ3v) is 6.69. The topological polar surface area (TPSA) is 87.6 Å². The lowest BCUT2D eigenvalue weighted by atomic mass is 9.90. The molecule has 1 aliphatic rings. The van der Waals surface area contributed by atoms with Gasteiger partial charge in [0.1, 0.15) is 5.75 Å². The van der Waals surface area contributed by atoms with E-state index in [0.717, 1.165) is 49.4 Å². The molecule has 0 spiro atoms. The normalized spacial score (nSPS) is 14.0. The Morgan fingerprint density at radius 2 is 1.61 bits per heavy atom. The van der Waals surface area contributed by atoms with Crippen LogP contribution in [-0.4, -0.2) is 41.4 Å². The van der Waals surface area contributed by atoms with Gasteiger partial charge in [0.05, 0.1) is 13.3 Å². The van der Waals surface area contributed by atoms with Crippen LogP contribution in [0.25, 0.3) is 0 Å². The Hall–Kier alpha value is -4.46. The van der Waals surface area contributed by atoms with Crippen molar-refractivity contribution in [1.29, 1.82) is 0 Å². The van der Waals surface area contributed by atoms with Crippen molar-refractivity contribution in [2.75, 3.05) is 35.8 Å². The molecule has 4 aromatic rings. The minimum absolute atomic E-state index is 0.390. The van der Waals surface area contributed by atoms with Crippen molar-refractivity contribution < 1.29 is 4.74 Å². The van der Waals surface area contributed by atoms with Crippen LogP contribution in [0.4, 0.5) is 23.5 Å². The van der Waals surface area contributed by atoms with Gasteiger partial charge < -0.3 is 15.0 Å². The highest BCUT2D eigenvalue weighted by atomic mass is 16.5. The molecule has 0 saturated carbocycles. The number of anilines is 4. The molecule has 8 heteroatoms. The smallest absolute Gasteiger partial charge is 0.250 e. The molecule has 0 bridgehead atoms. The Balaban J connectivity index is 1.30. The summed E-state index contributed by atoms with van der Waals surface area (Å²) in [7, 11) is 1.65. The van der Waals surface area contributed by atoms with Crippen LogP contribution in [0.2, 0.25) is 0 Å². The van der Waals surface area contributed by atoms with Gasteiger partial charge in [-0.3, -0.25) is 0 Å². The number of benzene rings is 3. The Labute approximate surface area is 223 Å². The summed E-state index contributed by atoms with van der Waals surface area (Å²) in [4.78, 5) is 16.3. The van der Waals surface area contributed by atoms with E-state index in [4.69, 9.17) is 14.7 Å². The van der Waals surface area contributed by atoms with Crippen LogP contribution in [0.3, 0.4) is 0 Å². The number of nitrogens with zero attached hydrogens (tertiary/aromatic N) is 5. The second-order valence-corrected chi connectivity index (χ2v) is 9.54. The van der Waals surface area contributed by atoms with Crippen LogP contribution < -0.4 is 20.4 Å². The summed E-state index contributed by atoms with van der Waals surface area (Å²) in [6, 6.07) is 26.5. The maximum Gasteiger partial charge on any atom is 0.250 e. The van der Waals surface area contributed by atoms with E-state index in [1.807, 2.05) is 36.4 Å². The third kappa shape index (κ3) is 6.85. The number of methoxy groups -OCH3 is 1. The molecular weight excluding hydrogens is 474 g/mol. The first-order valence-electron chi connectivity index (χ1n) is 13.0. The predicted octanol–water partition coefficient (Wildman–Crippen LogP) is 5.84. The molecule has 1 aromatic heterocycles. The first kappa shape index (κ1) is 25.2. The molecule has 1 aliphatic heterocycles. The van der Waals surface area contributed by atoms with E-state index in [1.165, 1.54) is 11.1 Å². The van der Waals surface area contributed by atoms with Gasteiger partial charge >= 0.3 is 0 Å². The van der Waals surface area contributed by atoms with Crippen LogP contribution in [0.1, 0.15) is 29.5 Å². The Morgan fingerprint density at radius 1 is 0.895 bits per heavy atom. The Kier molecular flexibility index (Phi) is 8.08. The van der Waals surface area contributed by atoms with E-state index in [0.29, 0.717) is 23.8 Å². The van der Waals surface area contributed by atoms with Gasteiger partial charge in [-0.1, -0.05) is 48.0 Å². The lowest BCUT2D eigenvalue weighted by molar-refractivity contribution is 0.400. The van der Waals surface area contributed by atoms with E-state index >= 15 is 0 Å². The molecule has 3 aromatic carbocycles. The molecule has 0 unspecified atom stereocenters. The van der Waals surface area contributed by atoms with E-state index in [1.54, 1.807) is 13.3 Å². The SMILES string of the molecule is COc1ccc(/C=N/Nc2nc(Nc3ccc(C)cc3)nc(N3CCC(Cc4ccccc4)CC3)n2)cc1. The molecule has 1 fully saturated rings. The second kappa shape index (κ2) is 12.2. The average molecular weight is 508 g/mol. The molecular formula is C30H33N7O. The van der Waals surface area contributed by atoms with Crippen molar-refractivity contribution in [3.8, 4) is 5.75 Å². The maximum atomic E-state index is 5.22. The van der Waals surface area contributed by atoms with Crippen molar-refractivity contribution in [2.45, 2.75) is 26.2 Å². The van der Waals surface area contributed by atoms with Gasteiger partial charge in [-0.25, -0.2) is 5.43 Å². The molecule has 0 atom stereocenters. The van der Waals surface area contributed by atoms with Gasteiger partial charge in [-0.05, 0) is 79.6 Å². The van der Waals surface area contributed by atoms with Crippen LogP contribution in [0.5, 0.6) is 5.75 Å². The summed E-state index contributed by atoms with van der Waals surface area (Å²) in [5, 5.41) is 7.68. The second-order valence-electron chi connectivity index (χ2n) is 9.54. The number of aromatic nitrogens is 3. The highest BCUT2D eigenvalue weighted by Crippen LogP contribution is 2.26. The van der Waals surface area contributed by atoms with Gasteiger partial charge in [0.25, 0.3) is 0 Å². The molecule has 1 saturated heterocycles. The molecule has 194 valence electrons. The maximum absolute atomic E-state index is 5.22. The minimum Gasteiger partial charge on any atom is -0.497 e. The van der Waals surface area contributed by atoms with Gasteiger partial charge in [0.2, 0.25) is 17.8 Å². The number of hydrazone groups is 1. The molecule has 0 radical (unpaired) electrons. The Morgan fingerprint density at radius 3 is 2.32 bits per heavy atom. The lowest BCUT2D eigenvalue weighted by Crippen LogP contribution is -2.35. The number of hydrogen-bond donors (Lipinski definition) is 2. The summed E-state index contributed by atoms with van der Waals surface area (Å²) >= 11 is 0. The number of aryl methyl sites for hydroxylation is 1. The summed E-state index contributed by atoms with van der Waals surface area (Å²) in [6.07, 6.45) is 5.03. The van der Waals surface area contributed by atoms with E-state index in [-0.39, 0.29) is 0 Å². The zero-order valence-electron chi connectivity index (χ0n) is 21.8. The fraction of sp³-hybridized carbons (Fsp3) is 0.267.